The molecule has 4 heteroatoms. The first-order valence-electron chi connectivity index (χ1n) is 5.95. The van der Waals surface area contributed by atoms with E-state index >= 15 is 0 Å². The Morgan fingerprint density at radius 1 is 1.40 bits per heavy atom. The molecule has 0 aliphatic heterocycles. The van der Waals surface area contributed by atoms with Crippen molar-refractivity contribution in [3.05, 3.63) is 0 Å². The molecule has 0 aromatic rings. The number of carbonyl (C=O) groups excluding carboxylic acids is 1. The summed E-state index contributed by atoms with van der Waals surface area (Å²) in [5.74, 6) is 0. The minimum absolute atomic E-state index is 0.0513. The summed E-state index contributed by atoms with van der Waals surface area (Å²) in [6.45, 7) is 1.39. The molecule has 2 amide bonds. The van der Waals surface area contributed by atoms with Gasteiger partial charge >= 0.3 is 6.03 Å². The largest absolute Gasteiger partial charge is 0.335 e. The number of nitrogens with one attached hydrogen (secondary N) is 1. The van der Waals surface area contributed by atoms with Crippen LogP contribution < -0.4 is 11.1 Å². The maximum atomic E-state index is 11.7. The predicted molar refractivity (Wildman–Crippen MR) is 61.7 cm³/mol. The number of carbonyl (C=O) groups is 1. The van der Waals surface area contributed by atoms with Crippen molar-refractivity contribution < 1.29 is 4.79 Å². The second kappa shape index (κ2) is 6.67. The first kappa shape index (κ1) is 12.3. The number of rotatable bonds is 4. The van der Waals surface area contributed by atoms with Crippen molar-refractivity contribution in [1.82, 2.24) is 10.2 Å². The lowest BCUT2D eigenvalue weighted by Crippen LogP contribution is -2.44. The molecule has 3 N–H and O–H groups in total. The number of hydrogen-bond donors (Lipinski definition) is 2. The molecule has 0 bridgehead atoms. The molecular formula is C11H23N3O. The summed E-state index contributed by atoms with van der Waals surface area (Å²) in [6.07, 6.45) is 6.95. The Morgan fingerprint density at radius 3 is 2.67 bits per heavy atom. The van der Waals surface area contributed by atoms with Crippen molar-refractivity contribution in [3.63, 3.8) is 0 Å². The Bertz CT molecular complexity index is 190. The van der Waals surface area contributed by atoms with E-state index in [-0.39, 0.29) is 6.03 Å². The molecule has 1 fully saturated rings. The number of nitrogens with two attached hydrogens (primary N) is 1. The Labute approximate surface area is 92.2 Å². The number of urea groups is 1. The fraction of sp³-hybridized carbons (Fsp3) is 0.909. The minimum Gasteiger partial charge on any atom is -0.335 e. The van der Waals surface area contributed by atoms with Crippen LogP contribution in [-0.2, 0) is 0 Å². The average molecular weight is 213 g/mol. The van der Waals surface area contributed by atoms with Gasteiger partial charge < -0.3 is 16.0 Å². The van der Waals surface area contributed by atoms with E-state index in [1.165, 1.54) is 19.3 Å². The van der Waals surface area contributed by atoms with Crippen LogP contribution in [0.25, 0.3) is 0 Å². The van der Waals surface area contributed by atoms with E-state index in [4.69, 9.17) is 5.73 Å². The topological polar surface area (TPSA) is 58.4 Å². The lowest BCUT2D eigenvalue weighted by molar-refractivity contribution is 0.200. The quantitative estimate of drug-likeness (QED) is 0.739. The van der Waals surface area contributed by atoms with Crippen LogP contribution in [0.2, 0.25) is 0 Å². The summed E-state index contributed by atoms with van der Waals surface area (Å²) in [6, 6.07) is 0.446. The fourth-order valence-corrected chi connectivity index (χ4v) is 1.96. The number of nitrogens with zero attached hydrogens (tertiary/aromatic N) is 1. The zero-order valence-electron chi connectivity index (χ0n) is 9.67. The maximum absolute atomic E-state index is 11.7. The van der Waals surface area contributed by atoms with Gasteiger partial charge in [0.05, 0.1) is 0 Å². The van der Waals surface area contributed by atoms with E-state index in [1.54, 1.807) is 4.90 Å². The van der Waals surface area contributed by atoms with Gasteiger partial charge in [-0.05, 0) is 25.8 Å². The van der Waals surface area contributed by atoms with Gasteiger partial charge in [-0.3, -0.25) is 0 Å². The lowest BCUT2D eigenvalue weighted by atomic mass is 9.96. The van der Waals surface area contributed by atoms with Gasteiger partial charge in [-0.2, -0.15) is 0 Å². The van der Waals surface area contributed by atoms with E-state index in [1.807, 2.05) is 7.05 Å². The molecule has 0 aromatic heterocycles. The highest BCUT2D eigenvalue weighted by Crippen LogP contribution is 2.17. The van der Waals surface area contributed by atoms with Crippen molar-refractivity contribution in [3.8, 4) is 0 Å². The number of amides is 2. The van der Waals surface area contributed by atoms with Crippen LogP contribution in [-0.4, -0.2) is 37.1 Å². The maximum Gasteiger partial charge on any atom is 0.317 e. The summed E-state index contributed by atoms with van der Waals surface area (Å²) in [7, 11) is 1.83. The Morgan fingerprint density at radius 2 is 2.07 bits per heavy atom. The smallest absolute Gasteiger partial charge is 0.317 e. The van der Waals surface area contributed by atoms with Crippen LogP contribution in [0.4, 0.5) is 4.79 Å². The fourth-order valence-electron chi connectivity index (χ4n) is 1.96. The van der Waals surface area contributed by atoms with Gasteiger partial charge in [-0.25, -0.2) is 4.79 Å². The standard InChI is InChI=1S/C11H23N3O/c1-14(9-5-8-12)11(15)13-10-6-3-2-4-7-10/h10H,2-9,12H2,1H3,(H,13,15). The van der Waals surface area contributed by atoms with Crippen molar-refractivity contribution >= 4 is 6.03 Å². The summed E-state index contributed by atoms with van der Waals surface area (Å²) >= 11 is 0. The Balaban J connectivity index is 2.20. The average Bonchev–Trinajstić information content (AvgIpc) is 2.27. The summed E-state index contributed by atoms with van der Waals surface area (Å²) in [5.41, 5.74) is 5.40. The summed E-state index contributed by atoms with van der Waals surface area (Å²) < 4.78 is 0. The molecule has 0 radical (unpaired) electrons. The van der Waals surface area contributed by atoms with Crippen molar-refractivity contribution in [1.29, 1.82) is 0 Å². The molecule has 0 aromatic carbocycles. The van der Waals surface area contributed by atoms with Gasteiger partial charge in [0.1, 0.15) is 0 Å². The first-order chi connectivity index (χ1) is 7.24. The highest BCUT2D eigenvalue weighted by Gasteiger charge is 2.17. The summed E-state index contributed by atoms with van der Waals surface area (Å²) in [4.78, 5) is 13.4. The molecule has 1 rings (SSSR count). The SMILES string of the molecule is CN(CCCN)C(=O)NC1CCCCC1. The second-order valence-corrected chi connectivity index (χ2v) is 4.35. The van der Waals surface area contributed by atoms with E-state index in [0.29, 0.717) is 12.6 Å². The molecule has 4 nitrogen and oxygen atoms in total. The van der Waals surface area contributed by atoms with Crippen LogP contribution in [0.5, 0.6) is 0 Å². The Hall–Kier alpha value is -0.770. The third kappa shape index (κ3) is 4.51. The van der Waals surface area contributed by atoms with Crippen LogP contribution in [0, 0.1) is 0 Å². The molecule has 88 valence electrons. The van der Waals surface area contributed by atoms with E-state index in [2.05, 4.69) is 5.32 Å². The molecule has 0 saturated heterocycles. The molecule has 1 aliphatic carbocycles. The van der Waals surface area contributed by atoms with Crippen LogP contribution in [0.1, 0.15) is 38.5 Å². The normalized spacial score (nSPS) is 17.5. The van der Waals surface area contributed by atoms with Gasteiger partial charge in [-0.15, -0.1) is 0 Å². The molecule has 0 unspecified atom stereocenters. The van der Waals surface area contributed by atoms with Crippen molar-refractivity contribution in [2.24, 2.45) is 5.73 Å². The molecule has 0 atom stereocenters. The number of hydrogen-bond acceptors (Lipinski definition) is 2. The van der Waals surface area contributed by atoms with Crippen molar-refractivity contribution in [2.75, 3.05) is 20.1 Å². The molecule has 1 saturated carbocycles. The lowest BCUT2D eigenvalue weighted by Gasteiger charge is -2.26. The zero-order valence-corrected chi connectivity index (χ0v) is 9.67. The zero-order chi connectivity index (χ0) is 11.1. The van der Waals surface area contributed by atoms with Crippen LogP contribution in [0.15, 0.2) is 0 Å². The van der Waals surface area contributed by atoms with Gasteiger partial charge in [-0.1, -0.05) is 19.3 Å². The first-order valence-corrected chi connectivity index (χ1v) is 5.95. The van der Waals surface area contributed by atoms with Crippen LogP contribution in [0.3, 0.4) is 0 Å². The minimum atomic E-state index is 0.0513. The van der Waals surface area contributed by atoms with Crippen LogP contribution >= 0.6 is 0 Å². The summed E-state index contributed by atoms with van der Waals surface area (Å²) in [5, 5.41) is 3.07. The van der Waals surface area contributed by atoms with Gasteiger partial charge in [0.25, 0.3) is 0 Å². The molecule has 0 heterocycles. The third-order valence-corrected chi connectivity index (χ3v) is 2.98. The molecule has 1 aliphatic rings. The molecule has 0 spiro atoms. The second-order valence-electron chi connectivity index (χ2n) is 4.35. The van der Waals surface area contributed by atoms with E-state index < -0.39 is 0 Å². The van der Waals surface area contributed by atoms with E-state index in [9.17, 15) is 4.79 Å². The van der Waals surface area contributed by atoms with E-state index in [0.717, 1.165) is 25.8 Å². The molecular weight excluding hydrogens is 190 g/mol. The monoisotopic (exact) mass is 213 g/mol. The highest BCUT2D eigenvalue weighted by atomic mass is 16.2. The highest BCUT2D eigenvalue weighted by molar-refractivity contribution is 5.74. The Kier molecular flexibility index (Phi) is 5.47. The third-order valence-electron chi connectivity index (χ3n) is 2.98. The molecule has 15 heavy (non-hydrogen) atoms. The van der Waals surface area contributed by atoms with Crippen molar-refractivity contribution in [2.45, 2.75) is 44.6 Å². The van der Waals surface area contributed by atoms with Gasteiger partial charge in [0.2, 0.25) is 0 Å². The van der Waals surface area contributed by atoms with Gasteiger partial charge in [0.15, 0.2) is 0 Å². The van der Waals surface area contributed by atoms with Gasteiger partial charge in [0, 0.05) is 19.6 Å². The predicted octanol–water partition coefficient (Wildman–Crippen LogP) is 1.31.